The minimum Gasteiger partial charge on any atom is -0.348 e. The van der Waals surface area contributed by atoms with Gasteiger partial charge in [0.15, 0.2) is 0 Å². The van der Waals surface area contributed by atoms with Crippen LogP contribution in [0.2, 0.25) is 0 Å². The van der Waals surface area contributed by atoms with Crippen molar-refractivity contribution in [2.24, 2.45) is 0 Å². The number of hydrogen-bond donors (Lipinski definition) is 1. The van der Waals surface area contributed by atoms with Crippen molar-refractivity contribution in [3.05, 3.63) is 77.7 Å². The normalized spacial score (nSPS) is 10.8. The third-order valence-electron chi connectivity index (χ3n) is 4.94. The molecule has 0 fully saturated rings. The Bertz CT molecular complexity index is 1070. The number of rotatable bonds is 8. The minimum atomic E-state index is -2.47. The van der Waals surface area contributed by atoms with Gasteiger partial charge in [-0.3, -0.25) is 19.6 Å². The summed E-state index contributed by atoms with van der Waals surface area (Å²) in [6.45, 7) is 3.50. The molecule has 0 saturated carbocycles. The predicted molar refractivity (Wildman–Crippen MR) is 118 cm³/mol. The van der Waals surface area contributed by atoms with E-state index in [9.17, 15) is 18.4 Å². The van der Waals surface area contributed by atoms with Crippen molar-refractivity contribution in [3.8, 4) is 11.3 Å². The van der Waals surface area contributed by atoms with Crippen LogP contribution in [0.4, 0.5) is 14.5 Å². The molecular formula is C24H24F2N4O2. The Labute approximate surface area is 185 Å². The molecule has 0 saturated heterocycles. The zero-order valence-electron chi connectivity index (χ0n) is 17.9. The monoisotopic (exact) mass is 438 g/mol. The van der Waals surface area contributed by atoms with Crippen molar-refractivity contribution in [1.82, 2.24) is 15.3 Å². The molecule has 0 aliphatic rings. The first-order chi connectivity index (χ1) is 15.3. The van der Waals surface area contributed by atoms with E-state index in [1.165, 1.54) is 18.0 Å². The molecule has 32 heavy (non-hydrogen) atoms. The van der Waals surface area contributed by atoms with Gasteiger partial charge in [-0.25, -0.2) is 8.78 Å². The molecule has 3 rings (SSSR count). The predicted octanol–water partition coefficient (Wildman–Crippen LogP) is 4.39. The molecule has 1 aromatic carbocycles. The van der Waals surface area contributed by atoms with Gasteiger partial charge >= 0.3 is 0 Å². The zero-order valence-corrected chi connectivity index (χ0v) is 17.9. The first-order valence-electron chi connectivity index (χ1n) is 10.2. The van der Waals surface area contributed by atoms with E-state index in [2.05, 4.69) is 15.3 Å². The molecule has 8 heteroatoms. The average molecular weight is 438 g/mol. The van der Waals surface area contributed by atoms with Crippen LogP contribution >= 0.6 is 0 Å². The second-order valence-electron chi connectivity index (χ2n) is 7.33. The number of carbonyl (C=O) groups is 2. The maximum Gasteiger partial charge on any atom is 0.253 e. The number of aryl methyl sites for hydroxylation is 1. The first-order valence-corrected chi connectivity index (χ1v) is 10.2. The van der Waals surface area contributed by atoms with Gasteiger partial charge in [0.05, 0.1) is 11.3 Å². The lowest BCUT2D eigenvalue weighted by molar-refractivity contribution is -0.116. The van der Waals surface area contributed by atoms with Crippen LogP contribution in [0, 0.1) is 6.92 Å². The Balaban J connectivity index is 1.70. The lowest BCUT2D eigenvalue weighted by atomic mass is 10.0. The van der Waals surface area contributed by atoms with Crippen molar-refractivity contribution < 1.29 is 18.4 Å². The molecule has 6 nitrogen and oxygen atoms in total. The molecular weight excluding hydrogens is 414 g/mol. The topological polar surface area (TPSA) is 75.2 Å². The molecule has 0 radical (unpaired) electrons. The van der Waals surface area contributed by atoms with Gasteiger partial charge in [-0.15, -0.1) is 0 Å². The number of pyridine rings is 2. The van der Waals surface area contributed by atoms with E-state index in [1.807, 2.05) is 19.1 Å². The van der Waals surface area contributed by atoms with Crippen LogP contribution in [-0.4, -0.2) is 34.8 Å². The van der Waals surface area contributed by atoms with E-state index in [4.69, 9.17) is 0 Å². The molecule has 0 atom stereocenters. The Hall–Kier alpha value is -3.68. The van der Waals surface area contributed by atoms with E-state index >= 15 is 0 Å². The molecule has 2 heterocycles. The van der Waals surface area contributed by atoms with Crippen LogP contribution in [0.3, 0.4) is 0 Å². The summed E-state index contributed by atoms with van der Waals surface area (Å²) in [5, 5.41) is 2.82. The van der Waals surface area contributed by atoms with Crippen molar-refractivity contribution in [3.63, 3.8) is 0 Å². The highest BCUT2D eigenvalue weighted by Crippen LogP contribution is 2.27. The van der Waals surface area contributed by atoms with Crippen molar-refractivity contribution in [1.29, 1.82) is 0 Å². The number of halogens is 2. The van der Waals surface area contributed by atoms with Crippen molar-refractivity contribution in [2.75, 3.05) is 11.4 Å². The van der Waals surface area contributed by atoms with Gasteiger partial charge in [0.25, 0.3) is 5.91 Å². The largest absolute Gasteiger partial charge is 0.348 e. The molecule has 1 N–H and O–H groups in total. The summed E-state index contributed by atoms with van der Waals surface area (Å²) in [5.41, 5.74) is 4.14. The lowest BCUT2D eigenvalue weighted by Gasteiger charge is -2.23. The maximum atomic E-state index is 12.6. The summed E-state index contributed by atoms with van der Waals surface area (Å²) in [5.74, 6) is -0.531. The van der Waals surface area contributed by atoms with E-state index in [1.54, 1.807) is 42.7 Å². The average Bonchev–Trinajstić information content (AvgIpc) is 2.79. The number of nitrogens with one attached hydrogen (secondary N) is 1. The number of amides is 2. The Morgan fingerprint density at radius 2 is 1.94 bits per heavy atom. The van der Waals surface area contributed by atoms with Crippen LogP contribution < -0.4 is 10.2 Å². The number of anilines is 1. The second-order valence-corrected chi connectivity index (χ2v) is 7.33. The van der Waals surface area contributed by atoms with Crippen LogP contribution in [0.15, 0.2) is 61.1 Å². The van der Waals surface area contributed by atoms with Gasteiger partial charge in [0.1, 0.15) is 0 Å². The van der Waals surface area contributed by atoms with Crippen molar-refractivity contribution in [2.45, 2.75) is 33.2 Å². The van der Waals surface area contributed by atoms with Gasteiger partial charge in [-0.1, -0.05) is 12.1 Å². The van der Waals surface area contributed by atoms with Gasteiger partial charge in [-0.05, 0) is 48.4 Å². The summed E-state index contributed by atoms with van der Waals surface area (Å²) in [4.78, 5) is 34.0. The Morgan fingerprint density at radius 3 is 2.53 bits per heavy atom. The molecule has 0 aliphatic heterocycles. The molecule has 0 aliphatic carbocycles. The van der Waals surface area contributed by atoms with Gasteiger partial charge in [0, 0.05) is 56.3 Å². The highest BCUT2D eigenvalue weighted by Gasteiger charge is 2.17. The first kappa shape index (κ1) is 23.0. The minimum absolute atomic E-state index is 0.0473. The fraction of sp³-hybridized carbons (Fsp3) is 0.250. The van der Waals surface area contributed by atoms with Crippen LogP contribution in [0.25, 0.3) is 11.3 Å². The summed E-state index contributed by atoms with van der Waals surface area (Å²) in [7, 11) is 0. The Morgan fingerprint density at radius 1 is 1.12 bits per heavy atom. The van der Waals surface area contributed by atoms with Gasteiger partial charge in [-0.2, -0.15) is 0 Å². The summed E-state index contributed by atoms with van der Waals surface area (Å²) < 4.78 is 25.2. The fourth-order valence-electron chi connectivity index (χ4n) is 3.28. The van der Waals surface area contributed by atoms with E-state index in [0.717, 1.165) is 16.7 Å². The third-order valence-corrected chi connectivity index (χ3v) is 4.94. The molecule has 0 bridgehead atoms. The van der Waals surface area contributed by atoms with Gasteiger partial charge < -0.3 is 10.2 Å². The number of carbonyl (C=O) groups excluding carboxylic acids is 2. The fourth-order valence-corrected chi connectivity index (χ4v) is 3.28. The van der Waals surface area contributed by atoms with Gasteiger partial charge in [0.2, 0.25) is 12.3 Å². The molecule has 0 unspecified atom stereocenters. The lowest BCUT2D eigenvalue weighted by Crippen LogP contribution is -2.31. The zero-order chi connectivity index (χ0) is 23.1. The number of nitrogens with zero attached hydrogens (tertiary/aromatic N) is 3. The molecule has 0 spiro atoms. The van der Waals surface area contributed by atoms with Crippen LogP contribution in [-0.2, 0) is 11.3 Å². The summed E-state index contributed by atoms with van der Waals surface area (Å²) in [6, 6.07) is 12.5. The third kappa shape index (κ3) is 5.94. The molecule has 166 valence electrons. The number of hydrogen-bond acceptors (Lipinski definition) is 4. The summed E-state index contributed by atoms with van der Waals surface area (Å²) >= 11 is 0. The standard InChI is InChI=1S/C24H24F2N4O2/c1-16-12-19(6-8-22(16)30(17(2)31)11-9-23(25)26)21-7-5-20(15-28-21)24(32)29-14-18-4-3-10-27-13-18/h3-8,10,12-13,15,23H,9,11,14H2,1-2H3,(H,29,32). The van der Waals surface area contributed by atoms with Crippen LogP contribution in [0.5, 0.6) is 0 Å². The van der Waals surface area contributed by atoms with E-state index in [-0.39, 0.29) is 24.8 Å². The molecule has 2 aromatic heterocycles. The summed E-state index contributed by atoms with van der Waals surface area (Å²) in [6.07, 6.45) is 2.01. The number of benzene rings is 1. The van der Waals surface area contributed by atoms with E-state index < -0.39 is 6.43 Å². The molecule has 2 amide bonds. The highest BCUT2D eigenvalue weighted by molar-refractivity contribution is 5.94. The highest BCUT2D eigenvalue weighted by atomic mass is 19.3. The maximum absolute atomic E-state index is 12.6. The molecule has 3 aromatic rings. The Kier molecular flexibility index (Phi) is 7.59. The second kappa shape index (κ2) is 10.6. The van der Waals surface area contributed by atoms with Crippen LogP contribution in [0.1, 0.15) is 34.8 Å². The smallest absolute Gasteiger partial charge is 0.253 e. The van der Waals surface area contributed by atoms with Crippen molar-refractivity contribution >= 4 is 17.5 Å². The van der Waals surface area contributed by atoms with E-state index in [0.29, 0.717) is 23.5 Å². The number of alkyl halides is 2. The SMILES string of the molecule is CC(=O)N(CCC(F)F)c1ccc(-c2ccc(C(=O)NCc3cccnc3)cn2)cc1C. The quantitative estimate of drug-likeness (QED) is 0.566. The number of aromatic nitrogens is 2.